The molecule has 1 aliphatic carbocycles. The lowest BCUT2D eigenvalue weighted by Crippen LogP contribution is -2.34. The van der Waals surface area contributed by atoms with Gasteiger partial charge in [-0.2, -0.15) is 0 Å². The molecule has 1 nitrogen and oxygen atoms in total. The summed E-state index contributed by atoms with van der Waals surface area (Å²) >= 11 is 3.26. The molecule has 1 saturated carbocycles. The van der Waals surface area contributed by atoms with Crippen molar-refractivity contribution in [1.29, 1.82) is 0 Å². The van der Waals surface area contributed by atoms with E-state index in [4.69, 9.17) is 0 Å². The van der Waals surface area contributed by atoms with E-state index in [9.17, 15) is 4.39 Å². The Bertz CT molecular complexity index is 323. The summed E-state index contributed by atoms with van der Waals surface area (Å²) in [4.78, 5) is 0. The standard InChI is InChI=1S/C11H13BrFN/c12-11-8(3-1-6-10(11)13)7-14-9-4-2-5-9/h1,3,6,9,14H,2,4-5,7H2. The van der Waals surface area contributed by atoms with E-state index in [-0.39, 0.29) is 5.82 Å². The van der Waals surface area contributed by atoms with Gasteiger partial charge in [0.15, 0.2) is 0 Å². The van der Waals surface area contributed by atoms with E-state index in [1.807, 2.05) is 6.07 Å². The third-order valence-corrected chi connectivity index (χ3v) is 3.61. The van der Waals surface area contributed by atoms with Crippen molar-refractivity contribution >= 4 is 15.9 Å². The van der Waals surface area contributed by atoms with Gasteiger partial charge in [-0.1, -0.05) is 18.6 Å². The first-order chi connectivity index (χ1) is 6.77. The Morgan fingerprint density at radius 3 is 2.86 bits per heavy atom. The molecule has 0 spiro atoms. The van der Waals surface area contributed by atoms with Crippen LogP contribution < -0.4 is 5.32 Å². The predicted molar refractivity (Wildman–Crippen MR) is 58.6 cm³/mol. The first-order valence-electron chi connectivity index (χ1n) is 4.93. The van der Waals surface area contributed by atoms with Gasteiger partial charge in [0.2, 0.25) is 0 Å². The average molecular weight is 258 g/mol. The van der Waals surface area contributed by atoms with Crippen LogP contribution in [-0.4, -0.2) is 6.04 Å². The van der Waals surface area contributed by atoms with Crippen molar-refractivity contribution in [3.8, 4) is 0 Å². The van der Waals surface area contributed by atoms with Crippen molar-refractivity contribution in [2.45, 2.75) is 31.8 Å². The fourth-order valence-electron chi connectivity index (χ4n) is 1.55. The van der Waals surface area contributed by atoms with Crippen molar-refractivity contribution in [3.63, 3.8) is 0 Å². The van der Waals surface area contributed by atoms with E-state index in [0.29, 0.717) is 10.5 Å². The van der Waals surface area contributed by atoms with E-state index in [1.165, 1.54) is 25.3 Å². The Hall–Kier alpha value is -0.410. The molecule has 1 aliphatic rings. The van der Waals surface area contributed by atoms with Gasteiger partial charge >= 0.3 is 0 Å². The molecule has 0 unspecified atom stereocenters. The van der Waals surface area contributed by atoms with Crippen molar-refractivity contribution in [2.24, 2.45) is 0 Å². The Kier molecular flexibility index (Phi) is 3.19. The van der Waals surface area contributed by atoms with Crippen LogP contribution >= 0.6 is 15.9 Å². The molecule has 2 rings (SSSR count). The Morgan fingerprint density at radius 2 is 2.21 bits per heavy atom. The van der Waals surface area contributed by atoms with Crippen LogP contribution in [0.4, 0.5) is 4.39 Å². The summed E-state index contributed by atoms with van der Waals surface area (Å²) in [6, 6.07) is 5.80. The zero-order valence-electron chi connectivity index (χ0n) is 7.89. The molecule has 0 atom stereocenters. The second-order valence-corrected chi connectivity index (χ2v) is 4.51. The van der Waals surface area contributed by atoms with Gasteiger partial charge in [-0.25, -0.2) is 4.39 Å². The number of hydrogen-bond donors (Lipinski definition) is 1. The van der Waals surface area contributed by atoms with E-state index in [0.717, 1.165) is 12.1 Å². The maximum absolute atomic E-state index is 13.1. The van der Waals surface area contributed by atoms with Crippen molar-refractivity contribution in [2.75, 3.05) is 0 Å². The van der Waals surface area contributed by atoms with E-state index < -0.39 is 0 Å². The zero-order chi connectivity index (χ0) is 9.97. The van der Waals surface area contributed by atoms with Crippen LogP contribution in [0.5, 0.6) is 0 Å². The smallest absolute Gasteiger partial charge is 0.137 e. The van der Waals surface area contributed by atoms with Gasteiger partial charge in [-0.3, -0.25) is 0 Å². The summed E-state index contributed by atoms with van der Waals surface area (Å²) in [6.45, 7) is 0.753. The van der Waals surface area contributed by atoms with Gasteiger partial charge in [-0.05, 0) is 40.4 Å². The van der Waals surface area contributed by atoms with Crippen LogP contribution in [-0.2, 0) is 6.54 Å². The molecule has 0 heterocycles. The average Bonchev–Trinajstić information content (AvgIpc) is 2.09. The lowest BCUT2D eigenvalue weighted by Gasteiger charge is -2.26. The van der Waals surface area contributed by atoms with Crippen LogP contribution in [0.2, 0.25) is 0 Å². The maximum Gasteiger partial charge on any atom is 0.137 e. The van der Waals surface area contributed by atoms with E-state index in [1.54, 1.807) is 6.07 Å². The maximum atomic E-state index is 13.1. The molecule has 0 amide bonds. The number of nitrogens with one attached hydrogen (secondary N) is 1. The van der Waals surface area contributed by atoms with E-state index in [2.05, 4.69) is 21.2 Å². The van der Waals surface area contributed by atoms with Gasteiger partial charge in [0.25, 0.3) is 0 Å². The fraction of sp³-hybridized carbons (Fsp3) is 0.455. The monoisotopic (exact) mass is 257 g/mol. The SMILES string of the molecule is Fc1cccc(CNC2CCC2)c1Br. The molecule has 0 radical (unpaired) electrons. The van der Waals surface area contributed by atoms with Crippen molar-refractivity contribution in [1.82, 2.24) is 5.32 Å². The predicted octanol–water partition coefficient (Wildman–Crippen LogP) is 3.23. The Morgan fingerprint density at radius 1 is 1.43 bits per heavy atom. The largest absolute Gasteiger partial charge is 0.310 e. The summed E-state index contributed by atoms with van der Waals surface area (Å²) in [5, 5.41) is 3.41. The third kappa shape index (κ3) is 2.15. The van der Waals surface area contributed by atoms with Crippen LogP contribution in [0.25, 0.3) is 0 Å². The second-order valence-electron chi connectivity index (χ2n) is 3.72. The van der Waals surface area contributed by atoms with Gasteiger partial charge in [0.1, 0.15) is 5.82 Å². The quantitative estimate of drug-likeness (QED) is 0.877. The van der Waals surface area contributed by atoms with Crippen LogP contribution in [0, 0.1) is 5.82 Å². The normalized spacial score (nSPS) is 16.7. The molecule has 14 heavy (non-hydrogen) atoms. The molecule has 0 aliphatic heterocycles. The van der Waals surface area contributed by atoms with Crippen LogP contribution in [0.1, 0.15) is 24.8 Å². The van der Waals surface area contributed by atoms with Gasteiger partial charge in [0, 0.05) is 12.6 Å². The highest BCUT2D eigenvalue weighted by molar-refractivity contribution is 9.10. The molecule has 0 saturated heterocycles. The topological polar surface area (TPSA) is 12.0 Å². The number of rotatable bonds is 3. The number of benzene rings is 1. The minimum atomic E-state index is -0.182. The van der Waals surface area contributed by atoms with Gasteiger partial charge < -0.3 is 5.32 Å². The molecule has 1 aromatic rings. The highest BCUT2D eigenvalue weighted by Gasteiger charge is 2.16. The second kappa shape index (κ2) is 4.41. The highest BCUT2D eigenvalue weighted by Crippen LogP contribution is 2.22. The molecule has 3 heteroatoms. The number of hydrogen-bond acceptors (Lipinski definition) is 1. The van der Waals surface area contributed by atoms with Gasteiger partial charge in [-0.15, -0.1) is 0 Å². The van der Waals surface area contributed by atoms with Crippen LogP contribution in [0.15, 0.2) is 22.7 Å². The van der Waals surface area contributed by atoms with Crippen molar-refractivity contribution in [3.05, 3.63) is 34.1 Å². The molecule has 76 valence electrons. The third-order valence-electron chi connectivity index (χ3n) is 2.72. The summed E-state index contributed by atoms with van der Waals surface area (Å²) in [7, 11) is 0. The van der Waals surface area contributed by atoms with Crippen LogP contribution in [0.3, 0.4) is 0 Å². The summed E-state index contributed by atoms with van der Waals surface area (Å²) in [5.41, 5.74) is 0.997. The first kappa shape index (κ1) is 10.1. The van der Waals surface area contributed by atoms with E-state index >= 15 is 0 Å². The molecule has 1 N–H and O–H groups in total. The summed E-state index contributed by atoms with van der Waals surface area (Å²) in [6.07, 6.45) is 3.84. The minimum Gasteiger partial charge on any atom is -0.310 e. The lowest BCUT2D eigenvalue weighted by molar-refractivity contribution is 0.338. The minimum absolute atomic E-state index is 0.182. The number of halogens is 2. The summed E-state index contributed by atoms with van der Waals surface area (Å²) in [5.74, 6) is -0.182. The molecule has 1 aromatic carbocycles. The Labute approximate surface area is 91.8 Å². The first-order valence-corrected chi connectivity index (χ1v) is 5.73. The lowest BCUT2D eigenvalue weighted by atomic mass is 9.93. The molecule has 1 fully saturated rings. The Balaban J connectivity index is 1.97. The molecule has 0 aromatic heterocycles. The summed E-state index contributed by atoms with van der Waals surface area (Å²) < 4.78 is 13.7. The highest BCUT2D eigenvalue weighted by atomic mass is 79.9. The molecular formula is C11H13BrFN. The molecule has 0 bridgehead atoms. The fourth-order valence-corrected chi connectivity index (χ4v) is 1.96. The molecular weight excluding hydrogens is 245 g/mol. The van der Waals surface area contributed by atoms with Crippen molar-refractivity contribution < 1.29 is 4.39 Å². The van der Waals surface area contributed by atoms with Gasteiger partial charge in [0.05, 0.1) is 4.47 Å². The zero-order valence-corrected chi connectivity index (χ0v) is 9.48.